The molecule has 0 aliphatic heterocycles. The summed E-state index contributed by atoms with van der Waals surface area (Å²) in [5, 5.41) is 3.48. The van der Waals surface area contributed by atoms with E-state index in [0.29, 0.717) is 6.04 Å². The average Bonchev–Trinajstić information content (AvgIpc) is 2.74. The number of hydrogen-bond donors (Lipinski definition) is 1. The molecular weight excluding hydrogens is 276 g/mol. The summed E-state index contributed by atoms with van der Waals surface area (Å²) in [6, 6.07) is 13.1. The molecule has 0 spiro atoms. The lowest BCUT2D eigenvalue weighted by Crippen LogP contribution is -2.20. The highest BCUT2D eigenvalue weighted by molar-refractivity contribution is 9.10. The van der Waals surface area contributed by atoms with Crippen LogP contribution < -0.4 is 5.32 Å². The Bertz CT molecular complexity index is 497. The van der Waals surface area contributed by atoms with E-state index in [-0.39, 0.29) is 0 Å². The van der Waals surface area contributed by atoms with Crippen molar-refractivity contribution in [1.82, 2.24) is 4.98 Å². The maximum Gasteiger partial charge on any atom is 0.126 e. The van der Waals surface area contributed by atoms with Gasteiger partial charge in [0.1, 0.15) is 5.82 Å². The zero-order valence-corrected chi connectivity index (χ0v) is 10.9. The zero-order valence-electron chi connectivity index (χ0n) is 9.36. The van der Waals surface area contributed by atoms with Crippen molar-refractivity contribution in [1.29, 1.82) is 0 Å². The molecule has 17 heavy (non-hydrogen) atoms. The summed E-state index contributed by atoms with van der Waals surface area (Å²) in [4.78, 5) is 4.35. The number of halogens is 1. The normalized spacial score (nSPS) is 14.6. The Morgan fingerprint density at radius 1 is 1.06 bits per heavy atom. The number of fused-ring (bicyclic) bond motifs is 1. The van der Waals surface area contributed by atoms with Crippen molar-refractivity contribution >= 4 is 21.7 Å². The number of hydrogen-bond acceptors (Lipinski definition) is 2. The van der Waals surface area contributed by atoms with Crippen LogP contribution in [0.4, 0.5) is 5.82 Å². The molecule has 0 atom stereocenters. The fourth-order valence-electron chi connectivity index (χ4n) is 2.33. The van der Waals surface area contributed by atoms with Crippen molar-refractivity contribution in [3.63, 3.8) is 0 Å². The van der Waals surface area contributed by atoms with Crippen molar-refractivity contribution in [2.75, 3.05) is 5.32 Å². The fourth-order valence-corrected chi connectivity index (χ4v) is 2.57. The lowest BCUT2D eigenvalue weighted by Gasteiger charge is -2.12. The highest BCUT2D eigenvalue weighted by Crippen LogP contribution is 2.24. The smallest absolute Gasteiger partial charge is 0.126 e. The summed E-state index contributed by atoms with van der Waals surface area (Å²) in [7, 11) is 0. The Morgan fingerprint density at radius 3 is 2.35 bits per heavy atom. The van der Waals surface area contributed by atoms with Crippen molar-refractivity contribution in [3.05, 3.63) is 58.2 Å². The molecule has 3 heteroatoms. The van der Waals surface area contributed by atoms with Crippen LogP contribution in [0.2, 0.25) is 0 Å². The van der Waals surface area contributed by atoms with E-state index in [9.17, 15) is 0 Å². The number of pyridine rings is 1. The second-order valence-electron chi connectivity index (χ2n) is 4.38. The first-order valence-corrected chi connectivity index (χ1v) is 6.55. The zero-order chi connectivity index (χ0) is 11.7. The highest BCUT2D eigenvalue weighted by Gasteiger charge is 2.20. The van der Waals surface area contributed by atoms with Crippen molar-refractivity contribution < 1.29 is 0 Å². The monoisotopic (exact) mass is 288 g/mol. The summed E-state index contributed by atoms with van der Waals surface area (Å²) >= 11 is 3.39. The molecule has 0 saturated carbocycles. The Labute approximate surface area is 109 Å². The van der Waals surface area contributed by atoms with Gasteiger partial charge in [-0.05, 0) is 52.0 Å². The quantitative estimate of drug-likeness (QED) is 0.916. The van der Waals surface area contributed by atoms with Crippen molar-refractivity contribution in [2.45, 2.75) is 18.9 Å². The van der Waals surface area contributed by atoms with Gasteiger partial charge in [0, 0.05) is 16.7 Å². The molecule has 1 N–H and O–H groups in total. The van der Waals surface area contributed by atoms with Crippen LogP contribution >= 0.6 is 15.9 Å². The molecule has 3 rings (SSSR count). The van der Waals surface area contributed by atoms with E-state index >= 15 is 0 Å². The maximum absolute atomic E-state index is 4.35. The van der Waals surface area contributed by atoms with Crippen LogP contribution in [-0.4, -0.2) is 11.0 Å². The summed E-state index contributed by atoms with van der Waals surface area (Å²) in [6.45, 7) is 0. The fraction of sp³-hybridized carbons (Fsp3) is 0.214. The van der Waals surface area contributed by atoms with Crippen LogP contribution in [0, 0.1) is 0 Å². The van der Waals surface area contributed by atoms with Crippen molar-refractivity contribution in [3.8, 4) is 0 Å². The lowest BCUT2D eigenvalue weighted by molar-refractivity contribution is 0.769. The third-order valence-corrected chi connectivity index (χ3v) is 3.60. The lowest BCUT2D eigenvalue weighted by atomic mass is 10.1. The summed E-state index contributed by atoms with van der Waals surface area (Å²) in [6.07, 6.45) is 4.01. The number of anilines is 1. The van der Waals surface area contributed by atoms with Crippen molar-refractivity contribution in [2.24, 2.45) is 0 Å². The summed E-state index contributed by atoms with van der Waals surface area (Å²) < 4.78 is 1.01. The van der Waals surface area contributed by atoms with E-state index < -0.39 is 0 Å². The Balaban J connectivity index is 1.71. The molecular formula is C14H13BrN2. The Hall–Kier alpha value is -1.35. The minimum atomic E-state index is 0.473. The maximum atomic E-state index is 4.35. The minimum Gasteiger partial charge on any atom is -0.367 e. The molecule has 1 heterocycles. The van der Waals surface area contributed by atoms with E-state index in [4.69, 9.17) is 0 Å². The van der Waals surface area contributed by atoms with E-state index in [2.05, 4.69) is 50.5 Å². The second-order valence-corrected chi connectivity index (χ2v) is 5.30. The van der Waals surface area contributed by atoms with Crippen LogP contribution in [0.15, 0.2) is 47.1 Å². The van der Waals surface area contributed by atoms with Gasteiger partial charge in [0.25, 0.3) is 0 Å². The van der Waals surface area contributed by atoms with Crippen LogP contribution in [0.3, 0.4) is 0 Å². The number of nitrogens with zero attached hydrogens (tertiary/aromatic N) is 1. The Kier molecular flexibility index (Phi) is 2.85. The largest absolute Gasteiger partial charge is 0.367 e. The van der Waals surface area contributed by atoms with Gasteiger partial charge in [-0.2, -0.15) is 0 Å². The molecule has 1 aliphatic rings. The standard InChI is InChI=1S/C14H13BrN2/c15-12-5-6-14(16-9-12)17-13-7-10-3-1-2-4-11(10)8-13/h1-6,9,13H,7-8H2,(H,16,17). The topological polar surface area (TPSA) is 24.9 Å². The predicted octanol–water partition coefficient (Wildman–Crippen LogP) is 3.42. The number of aromatic nitrogens is 1. The van der Waals surface area contributed by atoms with Gasteiger partial charge in [-0.1, -0.05) is 24.3 Å². The van der Waals surface area contributed by atoms with Crippen LogP contribution in [0.1, 0.15) is 11.1 Å². The average molecular weight is 289 g/mol. The van der Waals surface area contributed by atoms with E-state index in [1.165, 1.54) is 11.1 Å². The summed E-state index contributed by atoms with van der Waals surface area (Å²) in [5.74, 6) is 0.950. The Morgan fingerprint density at radius 2 is 1.76 bits per heavy atom. The van der Waals surface area contributed by atoms with E-state index in [0.717, 1.165) is 23.1 Å². The third kappa shape index (κ3) is 2.34. The molecule has 0 amide bonds. The van der Waals surface area contributed by atoms with Gasteiger partial charge in [0.2, 0.25) is 0 Å². The van der Waals surface area contributed by atoms with Gasteiger partial charge < -0.3 is 5.32 Å². The molecule has 1 aromatic heterocycles. The molecule has 0 radical (unpaired) electrons. The first-order chi connectivity index (χ1) is 8.31. The molecule has 0 bridgehead atoms. The van der Waals surface area contributed by atoms with E-state index in [1.807, 2.05) is 18.3 Å². The predicted molar refractivity (Wildman–Crippen MR) is 73.2 cm³/mol. The summed E-state index contributed by atoms with van der Waals surface area (Å²) in [5.41, 5.74) is 2.92. The highest BCUT2D eigenvalue weighted by atomic mass is 79.9. The first-order valence-electron chi connectivity index (χ1n) is 5.76. The van der Waals surface area contributed by atoms with Gasteiger partial charge in [-0.25, -0.2) is 4.98 Å². The SMILES string of the molecule is Brc1ccc(NC2Cc3ccccc3C2)nc1. The molecule has 1 aromatic carbocycles. The van der Waals surface area contributed by atoms with Gasteiger partial charge in [-0.3, -0.25) is 0 Å². The van der Waals surface area contributed by atoms with Crippen LogP contribution in [0.25, 0.3) is 0 Å². The first kappa shape index (κ1) is 10.8. The van der Waals surface area contributed by atoms with Gasteiger partial charge in [0.15, 0.2) is 0 Å². The van der Waals surface area contributed by atoms with Gasteiger partial charge >= 0.3 is 0 Å². The number of nitrogens with one attached hydrogen (secondary N) is 1. The molecule has 2 nitrogen and oxygen atoms in total. The van der Waals surface area contributed by atoms with Crippen LogP contribution in [0.5, 0.6) is 0 Å². The van der Waals surface area contributed by atoms with Gasteiger partial charge in [-0.15, -0.1) is 0 Å². The molecule has 2 aromatic rings. The van der Waals surface area contributed by atoms with Gasteiger partial charge in [0.05, 0.1) is 0 Å². The van der Waals surface area contributed by atoms with E-state index in [1.54, 1.807) is 0 Å². The molecule has 1 aliphatic carbocycles. The molecule has 86 valence electrons. The second kappa shape index (κ2) is 4.49. The van der Waals surface area contributed by atoms with Crippen LogP contribution in [-0.2, 0) is 12.8 Å². The number of benzene rings is 1. The molecule has 0 saturated heterocycles. The third-order valence-electron chi connectivity index (χ3n) is 3.13. The molecule has 0 unspecified atom stereocenters. The molecule has 0 fully saturated rings. The minimum absolute atomic E-state index is 0.473. The number of rotatable bonds is 2.